The van der Waals surface area contributed by atoms with E-state index in [-0.39, 0.29) is 18.3 Å². The van der Waals surface area contributed by atoms with Crippen LogP contribution in [0.15, 0.2) is 46.5 Å². The zero-order valence-electron chi connectivity index (χ0n) is 24.4. The predicted octanol–water partition coefficient (Wildman–Crippen LogP) is 6.67. The van der Waals surface area contributed by atoms with E-state index in [0.717, 1.165) is 41.8 Å². The highest BCUT2D eigenvalue weighted by molar-refractivity contribution is 9.10. The van der Waals surface area contributed by atoms with Crippen molar-refractivity contribution in [1.82, 2.24) is 9.97 Å². The van der Waals surface area contributed by atoms with E-state index >= 15 is 0 Å². The van der Waals surface area contributed by atoms with Crippen LogP contribution in [0.2, 0.25) is 0 Å². The number of hydrogen-bond donors (Lipinski definition) is 0. The minimum Gasteiger partial charge on any atom is -0.400 e. The molecule has 0 N–H and O–H groups in total. The van der Waals surface area contributed by atoms with Gasteiger partial charge < -0.3 is 18.8 Å². The Kier molecular flexibility index (Phi) is 9.63. The molecule has 5 heterocycles. The van der Waals surface area contributed by atoms with Crippen LogP contribution in [-0.2, 0) is 44.5 Å². The van der Waals surface area contributed by atoms with E-state index in [1.807, 2.05) is 12.1 Å². The summed E-state index contributed by atoms with van der Waals surface area (Å²) in [5.41, 5.74) is 8.49. The van der Waals surface area contributed by atoms with E-state index in [0.29, 0.717) is 13.2 Å². The average molecular weight is 609 g/mol. The summed E-state index contributed by atoms with van der Waals surface area (Å²) in [6.45, 7) is 11.0. The van der Waals surface area contributed by atoms with Crippen molar-refractivity contribution in [2.75, 3.05) is 26.4 Å². The van der Waals surface area contributed by atoms with Gasteiger partial charge in [0.15, 0.2) is 0 Å². The number of aryl methyl sites for hydroxylation is 4. The maximum atomic E-state index is 5.88. The van der Waals surface area contributed by atoms with Gasteiger partial charge in [-0.3, -0.25) is 4.98 Å². The first-order valence-corrected chi connectivity index (χ1v) is 15.5. The standard InChI is InChI=1S/C13H15NO.C10H17BO3.C9H10BrN/c1-2-4-12-10(3-1)5-6-13(14-12)11-7-8-15-9-11;1-9(2)10(3,4)14-11(13-9)8-5-6-12-7-8;10-9-6-5-7-3-1-2-4-8(7)11-9/h5-7H,1-4,8-9H2;5H,6-7H2,1-4H3;5-6H,1-4H2. The van der Waals surface area contributed by atoms with Crippen LogP contribution in [0, 0.1) is 0 Å². The monoisotopic (exact) mass is 608 g/mol. The quantitative estimate of drug-likeness (QED) is 0.280. The van der Waals surface area contributed by atoms with Crippen molar-refractivity contribution in [3.8, 4) is 0 Å². The molecular weight excluding hydrogens is 567 g/mol. The molecule has 0 bridgehead atoms. The van der Waals surface area contributed by atoms with Crippen LogP contribution in [0.25, 0.3) is 5.57 Å². The maximum absolute atomic E-state index is 5.88. The molecule has 0 unspecified atom stereocenters. The Morgan fingerprint density at radius 3 is 1.88 bits per heavy atom. The van der Waals surface area contributed by atoms with Gasteiger partial charge >= 0.3 is 7.12 Å². The van der Waals surface area contributed by atoms with Gasteiger partial charge in [-0.1, -0.05) is 24.3 Å². The normalized spacial score (nSPS) is 22.2. The van der Waals surface area contributed by atoms with Crippen molar-refractivity contribution < 1.29 is 18.8 Å². The Balaban J connectivity index is 0.000000123. The van der Waals surface area contributed by atoms with Gasteiger partial charge in [-0.15, -0.1) is 0 Å². The van der Waals surface area contributed by atoms with E-state index < -0.39 is 0 Å². The number of aromatic nitrogens is 2. The van der Waals surface area contributed by atoms with Gasteiger partial charge in [0.2, 0.25) is 0 Å². The Morgan fingerprint density at radius 2 is 1.27 bits per heavy atom. The maximum Gasteiger partial charge on any atom is 0.492 e. The van der Waals surface area contributed by atoms with Gasteiger partial charge in [0.25, 0.3) is 0 Å². The summed E-state index contributed by atoms with van der Waals surface area (Å²) in [6.07, 6.45) is 14.2. The molecule has 40 heavy (non-hydrogen) atoms. The fourth-order valence-electron chi connectivity index (χ4n) is 5.44. The Bertz CT molecular complexity index is 1240. The predicted molar refractivity (Wildman–Crippen MR) is 163 cm³/mol. The summed E-state index contributed by atoms with van der Waals surface area (Å²) in [7, 11) is -0.220. The average Bonchev–Trinajstić information content (AvgIpc) is 3.71. The molecule has 0 amide bonds. The van der Waals surface area contributed by atoms with Gasteiger partial charge in [-0.05, 0) is 124 Å². The summed E-state index contributed by atoms with van der Waals surface area (Å²) >= 11 is 3.38. The highest BCUT2D eigenvalue weighted by atomic mass is 79.9. The van der Waals surface area contributed by atoms with Crippen LogP contribution in [0.4, 0.5) is 0 Å². The highest BCUT2D eigenvalue weighted by Crippen LogP contribution is 2.39. The molecular formula is C32H42BBrN2O4. The smallest absolute Gasteiger partial charge is 0.400 e. The molecule has 0 aromatic carbocycles. The molecule has 6 nitrogen and oxygen atoms in total. The van der Waals surface area contributed by atoms with Crippen LogP contribution >= 0.6 is 15.9 Å². The molecule has 0 radical (unpaired) electrons. The number of fused-ring (bicyclic) bond motifs is 2. The second-order valence-corrected chi connectivity index (χ2v) is 12.9. The Labute approximate surface area is 248 Å². The van der Waals surface area contributed by atoms with Gasteiger partial charge in [0.1, 0.15) is 4.60 Å². The molecule has 0 atom stereocenters. The molecule has 3 aliphatic heterocycles. The first-order valence-electron chi connectivity index (χ1n) is 14.7. The lowest BCUT2D eigenvalue weighted by atomic mass is 9.79. The Morgan fingerprint density at radius 1 is 0.700 bits per heavy atom. The highest BCUT2D eigenvalue weighted by Gasteiger charge is 2.52. The first kappa shape index (κ1) is 29.7. The van der Waals surface area contributed by atoms with Gasteiger partial charge in [0, 0.05) is 17.0 Å². The topological polar surface area (TPSA) is 62.7 Å². The van der Waals surface area contributed by atoms with Crippen molar-refractivity contribution >= 4 is 28.6 Å². The molecule has 2 aliphatic carbocycles. The summed E-state index contributed by atoms with van der Waals surface area (Å²) in [6, 6.07) is 8.61. The fraction of sp³-hybridized carbons (Fsp3) is 0.562. The fourth-order valence-corrected chi connectivity index (χ4v) is 5.79. The van der Waals surface area contributed by atoms with E-state index in [2.05, 4.69) is 72.9 Å². The summed E-state index contributed by atoms with van der Waals surface area (Å²) in [5.74, 6) is 0. The lowest BCUT2D eigenvalue weighted by Crippen LogP contribution is -2.41. The summed E-state index contributed by atoms with van der Waals surface area (Å²) in [4.78, 5) is 9.18. The molecule has 0 saturated carbocycles. The second-order valence-electron chi connectivity index (χ2n) is 12.1. The molecule has 1 fully saturated rings. The van der Waals surface area contributed by atoms with Crippen LogP contribution in [0.1, 0.15) is 81.6 Å². The van der Waals surface area contributed by atoms with Gasteiger partial charge in [0.05, 0.1) is 43.3 Å². The third kappa shape index (κ3) is 7.14. The van der Waals surface area contributed by atoms with Crippen LogP contribution in [-0.4, -0.2) is 54.7 Å². The molecule has 0 spiro atoms. The molecule has 2 aromatic rings. The van der Waals surface area contributed by atoms with E-state index in [4.69, 9.17) is 23.8 Å². The van der Waals surface area contributed by atoms with Crippen molar-refractivity contribution in [3.63, 3.8) is 0 Å². The van der Waals surface area contributed by atoms with Crippen LogP contribution in [0.3, 0.4) is 0 Å². The number of rotatable bonds is 2. The molecule has 214 valence electrons. The molecule has 8 heteroatoms. The summed E-state index contributed by atoms with van der Waals surface area (Å²) in [5, 5.41) is 0. The van der Waals surface area contributed by atoms with Crippen molar-refractivity contribution in [3.05, 3.63) is 74.7 Å². The summed E-state index contributed by atoms with van der Waals surface area (Å²) < 4.78 is 23.3. The number of hydrogen-bond acceptors (Lipinski definition) is 6. The molecule has 2 aromatic heterocycles. The van der Waals surface area contributed by atoms with Gasteiger partial charge in [-0.25, -0.2) is 4.98 Å². The van der Waals surface area contributed by atoms with Crippen molar-refractivity contribution in [2.24, 2.45) is 0 Å². The molecule has 5 aliphatic rings. The number of halogens is 1. The number of ether oxygens (including phenoxy) is 2. The third-order valence-corrected chi connectivity index (χ3v) is 9.09. The zero-order chi connectivity index (χ0) is 28.2. The second kappa shape index (κ2) is 13.0. The SMILES string of the molecule is Brc1ccc2c(n1)CCCC2.C1=C(c2ccc3c(n2)CCCC3)COC1.CC1(C)OB(C2=CCOC2)OC1(C)C. The van der Waals surface area contributed by atoms with Crippen molar-refractivity contribution in [2.45, 2.75) is 90.3 Å². The number of pyridine rings is 2. The van der Waals surface area contributed by atoms with E-state index in [1.54, 1.807) is 0 Å². The van der Waals surface area contributed by atoms with Crippen LogP contribution in [0.5, 0.6) is 0 Å². The third-order valence-electron chi connectivity index (χ3n) is 8.64. The Hall–Kier alpha value is -1.84. The van der Waals surface area contributed by atoms with Crippen molar-refractivity contribution in [1.29, 1.82) is 0 Å². The minimum absolute atomic E-state index is 0.220. The molecule has 7 rings (SSSR count). The van der Waals surface area contributed by atoms with E-state index in [9.17, 15) is 0 Å². The minimum atomic E-state index is -0.249. The molecule has 1 saturated heterocycles. The zero-order valence-corrected chi connectivity index (χ0v) is 26.0. The first-order chi connectivity index (χ1) is 19.2. The number of nitrogens with zero attached hydrogens (tertiary/aromatic N) is 2. The van der Waals surface area contributed by atoms with Gasteiger partial charge in [-0.2, -0.15) is 0 Å². The lowest BCUT2D eigenvalue weighted by molar-refractivity contribution is 0.00578. The lowest BCUT2D eigenvalue weighted by Gasteiger charge is -2.32. The van der Waals surface area contributed by atoms with E-state index in [1.165, 1.54) is 66.6 Å². The van der Waals surface area contributed by atoms with Crippen LogP contribution < -0.4 is 0 Å². The largest absolute Gasteiger partial charge is 0.492 e.